The van der Waals surface area contributed by atoms with E-state index in [9.17, 15) is 0 Å². The van der Waals surface area contributed by atoms with Gasteiger partial charge in [0.05, 0.1) is 17.3 Å². The fourth-order valence-electron chi connectivity index (χ4n) is 2.22. The topological polar surface area (TPSA) is 60.4 Å². The second kappa shape index (κ2) is 4.76. The summed E-state index contributed by atoms with van der Waals surface area (Å²) >= 11 is 3.45. The van der Waals surface area contributed by atoms with Crippen molar-refractivity contribution in [2.75, 3.05) is 6.61 Å². The smallest absolute Gasteiger partial charge is 0.140 e. The summed E-state index contributed by atoms with van der Waals surface area (Å²) in [5, 5.41) is 0. The van der Waals surface area contributed by atoms with Crippen LogP contribution in [-0.2, 0) is 6.42 Å². The van der Waals surface area contributed by atoms with Crippen LogP contribution in [0.4, 0.5) is 0 Å². The first-order chi connectivity index (χ1) is 8.79. The molecule has 0 radical (unpaired) electrons. The predicted octanol–water partition coefficient (Wildman–Crippen LogP) is 2.53. The number of halogens is 1. The molecule has 1 aliphatic heterocycles. The van der Waals surface area contributed by atoms with E-state index in [1.807, 2.05) is 18.2 Å². The van der Waals surface area contributed by atoms with Crippen LogP contribution < -0.4 is 16.0 Å². The number of hydrogen-bond donors (Lipinski definition) is 2. The molecule has 1 aliphatic rings. The van der Waals surface area contributed by atoms with Gasteiger partial charge in [-0.2, -0.15) is 0 Å². The molecule has 2 heterocycles. The second-order valence-electron chi connectivity index (χ2n) is 4.20. The molecule has 4 nitrogen and oxygen atoms in total. The van der Waals surface area contributed by atoms with E-state index in [0.717, 1.165) is 34.6 Å². The molecule has 3 rings (SSSR count). The molecule has 0 saturated carbocycles. The number of nitrogens with two attached hydrogens (primary N) is 1. The van der Waals surface area contributed by atoms with E-state index in [2.05, 4.69) is 27.4 Å². The maximum absolute atomic E-state index is 5.65. The average molecular weight is 309 g/mol. The van der Waals surface area contributed by atoms with Crippen LogP contribution in [0.3, 0.4) is 0 Å². The zero-order chi connectivity index (χ0) is 12.5. The van der Waals surface area contributed by atoms with E-state index >= 15 is 0 Å². The molecule has 3 N–H and O–H groups in total. The minimum Gasteiger partial charge on any atom is -0.493 e. The number of hydrogen-bond acceptors (Lipinski definition) is 4. The molecule has 0 spiro atoms. The van der Waals surface area contributed by atoms with Gasteiger partial charge >= 0.3 is 0 Å². The Bertz CT molecular complexity index is 568. The normalized spacial score (nSPS) is 15.2. The van der Waals surface area contributed by atoms with Crippen molar-refractivity contribution in [3.63, 3.8) is 0 Å². The summed E-state index contributed by atoms with van der Waals surface area (Å²) in [7, 11) is 0. The highest BCUT2D eigenvalue weighted by Gasteiger charge is 2.21. The van der Waals surface area contributed by atoms with E-state index in [1.54, 1.807) is 6.26 Å². The Morgan fingerprint density at radius 1 is 1.33 bits per heavy atom. The highest BCUT2D eigenvalue weighted by Crippen LogP contribution is 2.33. The summed E-state index contributed by atoms with van der Waals surface area (Å²) in [5.74, 6) is 7.39. The summed E-state index contributed by atoms with van der Waals surface area (Å²) in [6, 6.07) is 7.79. The largest absolute Gasteiger partial charge is 0.493 e. The third kappa shape index (κ3) is 1.94. The van der Waals surface area contributed by atoms with E-state index in [1.165, 1.54) is 5.56 Å². The van der Waals surface area contributed by atoms with Crippen LogP contribution in [0.1, 0.15) is 22.9 Å². The van der Waals surface area contributed by atoms with Gasteiger partial charge in [0.15, 0.2) is 0 Å². The lowest BCUT2D eigenvalue weighted by atomic mass is 10.0. The summed E-state index contributed by atoms with van der Waals surface area (Å²) < 4.78 is 11.9. The fourth-order valence-corrected chi connectivity index (χ4v) is 2.65. The molecule has 0 fully saturated rings. The molecule has 0 aliphatic carbocycles. The van der Waals surface area contributed by atoms with Gasteiger partial charge in [-0.3, -0.25) is 5.84 Å². The van der Waals surface area contributed by atoms with Crippen LogP contribution in [0.15, 0.2) is 39.4 Å². The van der Waals surface area contributed by atoms with Crippen molar-refractivity contribution in [1.29, 1.82) is 0 Å². The summed E-state index contributed by atoms with van der Waals surface area (Å²) in [4.78, 5) is 0. The second-order valence-corrected chi connectivity index (χ2v) is 5.05. The number of furan rings is 1. The van der Waals surface area contributed by atoms with Crippen molar-refractivity contribution >= 4 is 15.9 Å². The van der Waals surface area contributed by atoms with Crippen LogP contribution >= 0.6 is 15.9 Å². The first-order valence-electron chi connectivity index (χ1n) is 5.74. The van der Waals surface area contributed by atoms with Gasteiger partial charge in [0.2, 0.25) is 0 Å². The van der Waals surface area contributed by atoms with Gasteiger partial charge in [0, 0.05) is 6.42 Å². The monoisotopic (exact) mass is 308 g/mol. The Hall–Kier alpha value is -1.30. The number of rotatable bonds is 3. The fraction of sp³-hybridized carbons (Fsp3) is 0.231. The Morgan fingerprint density at radius 2 is 2.22 bits per heavy atom. The molecule has 2 aromatic rings. The highest BCUT2D eigenvalue weighted by molar-refractivity contribution is 9.10. The molecule has 94 valence electrons. The summed E-state index contributed by atoms with van der Waals surface area (Å²) in [6.45, 7) is 0.754. The standard InChI is InChI=1S/C13H13BrN2O2/c14-10-4-6-18-13(10)12(16-15)9-1-2-11-8(7-9)3-5-17-11/h1-2,4,6-7,12,16H,3,5,15H2. The van der Waals surface area contributed by atoms with Crippen molar-refractivity contribution < 1.29 is 9.15 Å². The number of hydrazine groups is 1. The molecular formula is C13H13BrN2O2. The molecule has 0 amide bonds. The Balaban J connectivity index is 2.00. The molecule has 0 bridgehead atoms. The van der Waals surface area contributed by atoms with Crippen LogP contribution in [0.25, 0.3) is 0 Å². The molecule has 1 unspecified atom stereocenters. The minimum absolute atomic E-state index is 0.166. The lowest BCUT2D eigenvalue weighted by molar-refractivity contribution is 0.356. The Kier molecular flexibility index (Phi) is 3.11. The van der Waals surface area contributed by atoms with Crippen molar-refractivity contribution in [3.8, 4) is 5.75 Å². The van der Waals surface area contributed by atoms with Crippen LogP contribution in [-0.4, -0.2) is 6.61 Å². The summed E-state index contributed by atoms with van der Waals surface area (Å²) in [6.07, 6.45) is 2.58. The van der Waals surface area contributed by atoms with Crippen LogP contribution in [0, 0.1) is 0 Å². The quantitative estimate of drug-likeness (QED) is 0.676. The van der Waals surface area contributed by atoms with E-state index in [-0.39, 0.29) is 6.04 Å². The Labute approximate surface area is 113 Å². The van der Waals surface area contributed by atoms with Crippen molar-refractivity contribution in [2.45, 2.75) is 12.5 Å². The Morgan fingerprint density at radius 3 is 2.94 bits per heavy atom. The lowest BCUT2D eigenvalue weighted by Gasteiger charge is -2.15. The zero-order valence-corrected chi connectivity index (χ0v) is 11.2. The van der Waals surface area contributed by atoms with Gasteiger partial charge in [-0.15, -0.1) is 0 Å². The van der Waals surface area contributed by atoms with Gasteiger partial charge in [-0.1, -0.05) is 6.07 Å². The van der Waals surface area contributed by atoms with Crippen LogP contribution in [0.5, 0.6) is 5.75 Å². The van der Waals surface area contributed by atoms with Crippen LogP contribution in [0.2, 0.25) is 0 Å². The van der Waals surface area contributed by atoms with E-state index < -0.39 is 0 Å². The maximum Gasteiger partial charge on any atom is 0.140 e. The molecule has 1 aromatic heterocycles. The van der Waals surface area contributed by atoms with Gasteiger partial charge in [-0.25, -0.2) is 5.43 Å². The SMILES string of the molecule is NNC(c1ccc2c(c1)CCO2)c1occc1Br. The number of nitrogens with one attached hydrogen (secondary N) is 1. The molecule has 18 heavy (non-hydrogen) atoms. The van der Waals surface area contributed by atoms with Gasteiger partial charge < -0.3 is 9.15 Å². The van der Waals surface area contributed by atoms with Crippen molar-refractivity contribution in [2.24, 2.45) is 5.84 Å². The number of benzene rings is 1. The van der Waals surface area contributed by atoms with E-state index in [4.69, 9.17) is 15.0 Å². The maximum atomic E-state index is 5.65. The summed E-state index contributed by atoms with van der Waals surface area (Å²) in [5.41, 5.74) is 5.07. The van der Waals surface area contributed by atoms with Crippen molar-refractivity contribution in [3.05, 3.63) is 51.9 Å². The first-order valence-corrected chi connectivity index (χ1v) is 6.53. The average Bonchev–Trinajstić information content (AvgIpc) is 2.99. The number of fused-ring (bicyclic) bond motifs is 1. The predicted molar refractivity (Wildman–Crippen MR) is 71.2 cm³/mol. The molecule has 1 aromatic carbocycles. The highest BCUT2D eigenvalue weighted by atomic mass is 79.9. The van der Waals surface area contributed by atoms with Gasteiger partial charge in [0.1, 0.15) is 17.6 Å². The van der Waals surface area contributed by atoms with Gasteiger partial charge in [-0.05, 0) is 45.3 Å². The third-order valence-electron chi connectivity index (χ3n) is 3.12. The van der Waals surface area contributed by atoms with E-state index in [0.29, 0.717) is 0 Å². The molecule has 1 atom stereocenters. The zero-order valence-electron chi connectivity index (χ0n) is 9.65. The first kappa shape index (κ1) is 11.8. The third-order valence-corrected chi connectivity index (χ3v) is 3.78. The molecule has 0 saturated heterocycles. The molecular weight excluding hydrogens is 296 g/mol. The lowest BCUT2D eigenvalue weighted by Crippen LogP contribution is -2.28. The minimum atomic E-state index is -0.166. The van der Waals surface area contributed by atoms with Crippen molar-refractivity contribution in [1.82, 2.24) is 5.43 Å². The van der Waals surface area contributed by atoms with Gasteiger partial charge in [0.25, 0.3) is 0 Å². The molecule has 5 heteroatoms. The number of ether oxygens (including phenoxy) is 1.